The minimum atomic E-state index is 0.336. The predicted molar refractivity (Wildman–Crippen MR) is 72.7 cm³/mol. The maximum atomic E-state index is 5.98. The second-order valence-electron chi connectivity index (χ2n) is 5.21. The lowest BCUT2D eigenvalue weighted by atomic mass is 10.0. The Balaban J connectivity index is 2.21. The van der Waals surface area contributed by atoms with Crippen LogP contribution in [0, 0.1) is 5.92 Å². The van der Waals surface area contributed by atoms with Gasteiger partial charge in [-0.3, -0.25) is 0 Å². The minimum absolute atomic E-state index is 0.336. The molecule has 5 heteroatoms. The third-order valence-corrected chi connectivity index (χ3v) is 3.46. The minimum Gasteiger partial charge on any atom is -0.384 e. The fourth-order valence-corrected chi connectivity index (χ4v) is 2.60. The largest absolute Gasteiger partial charge is 0.384 e. The number of methoxy groups -OCH3 is 1. The topological polar surface area (TPSA) is 64.3 Å². The first-order valence-electron chi connectivity index (χ1n) is 6.47. The van der Waals surface area contributed by atoms with Gasteiger partial charge in [0, 0.05) is 31.7 Å². The second kappa shape index (κ2) is 5.52. The number of hydrogen-bond donors (Lipinski definition) is 1. The number of nitrogens with zero attached hydrogens (tertiary/aromatic N) is 3. The fraction of sp³-hybridized carbons (Fsp3) is 0.692. The Morgan fingerprint density at radius 2 is 2.28 bits per heavy atom. The number of aromatic nitrogens is 2. The zero-order valence-electron chi connectivity index (χ0n) is 11.4. The number of nitrogens with two attached hydrogens (primary N) is 1. The van der Waals surface area contributed by atoms with E-state index < -0.39 is 0 Å². The van der Waals surface area contributed by atoms with Gasteiger partial charge in [-0.15, -0.1) is 0 Å². The van der Waals surface area contributed by atoms with Crippen molar-refractivity contribution in [2.24, 2.45) is 5.92 Å². The maximum absolute atomic E-state index is 5.98. The molecule has 0 bridgehead atoms. The normalized spacial score (nSPS) is 19.8. The van der Waals surface area contributed by atoms with Crippen molar-refractivity contribution in [2.45, 2.75) is 26.2 Å². The summed E-state index contributed by atoms with van der Waals surface area (Å²) in [5.74, 6) is 2.52. The van der Waals surface area contributed by atoms with Crippen LogP contribution in [0.25, 0.3) is 0 Å². The molecule has 1 fully saturated rings. The van der Waals surface area contributed by atoms with E-state index in [1.165, 1.54) is 0 Å². The van der Waals surface area contributed by atoms with Crippen molar-refractivity contribution in [1.29, 1.82) is 0 Å². The standard InChI is InChI=1S/C13H22N4O/c1-9(2)11-12(14)15-8-16-13(11)17-5-4-10(6-17)7-18-3/h8-10H,4-7H2,1-3H3,(H2,14,15,16). The molecule has 2 heterocycles. The first-order chi connectivity index (χ1) is 8.63. The predicted octanol–water partition coefficient (Wildman–Crippen LogP) is 1.65. The van der Waals surface area contributed by atoms with Crippen LogP contribution in [-0.4, -0.2) is 36.8 Å². The van der Waals surface area contributed by atoms with Gasteiger partial charge >= 0.3 is 0 Å². The van der Waals surface area contributed by atoms with Gasteiger partial charge in [0.25, 0.3) is 0 Å². The van der Waals surface area contributed by atoms with Crippen LogP contribution in [0.2, 0.25) is 0 Å². The molecule has 1 aliphatic rings. The molecule has 0 radical (unpaired) electrons. The maximum Gasteiger partial charge on any atom is 0.137 e. The highest BCUT2D eigenvalue weighted by atomic mass is 16.5. The zero-order chi connectivity index (χ0) is 13.1. The molecule has 0 amide bonds. The summed E-state index contributed by atoms with van der Waals surface area (Å²) in [6, 6.07) is 0. The molecule has 1 atom stereocenters. The van der Waals surface area contributed by atoms with E-state index in [4.69, 9.17) is 10.5 Å². The Morgan fingerprint density at radius 1 is 1.50 bits per heavy atom. The van der Waals surface area contributed by atoms with Gasteiger partial charge in [0.05, 0.1) is 6.61 Å². The van der Waals surface area contributed by atoms with Crippen LogP contribution in [0.5, 0.6) is 0 Å². The molecule has 1 saturated heterocycles. The quantitative estimate of drug-likeness (QED) is 0.880. The molecule has 1 aromatic heterocycles. The average molecular weight is 250 g/mol. The summed E-state index contributed by atoms with van der Waals surface area (Å²) in [7, 11) is 1.75. The molecule has 0 spiro atoms. The van der Waals surface area contributed by atoms with Crippen molar-refractivity contribution in [2.75, 3.05) is 37.4 Å². The zero-order valence-corrected chi connectivity index (χ0v) is 11.4. The molecule has 1 aliphatic heterocycles. The van der Waals surface area contributed by atoms with Gasteiger partial charge in [-0.1, -0.05) is 13.8 Å². The fourth-order valence-electron chi connectivity index (χ4n) is 2.60. The van der Waals surface area contributed by atoms with Gasteiger partial charge < -0.3 is 15.4 Å². The van der Waals surface area contributed by atoms with E-state index in [1.807, 2.05) is 0 Å². The summed E-state index contributed by atoms with van der Waals surface area (Å²) >= 11 is 0. The van der Waals surface area contributed by atoms with Gasteiger partial charge in [-0.25, -0.2) is 9.97 Å². The lowest BCUT2D eigenvalue weighted by Crippen LogP contribution is -2.24. The van der Waals surface area contributed by atoms with Gasteiger partial charge in [-0.2, -0.15) is 0 Å². The Morgan fingerprint density at radius 3 is 2.94 bits per heavy atom. The summed E-state index contributed by atoms with van der Waals surface area (Å²) < 4.78 is 5.23. The van der Waals surface area contributed by atoms with Crippen LogP contribution in [0.1, 0.15) is 31.7 Å². The van der Waals surface area contributed by atoms with Crippen molar-refractivity contribution in [3.8, 4) is 0 Å². The molecule has 0 aliphatic carbocycles. The van der Waals surface area contributed by atoms with Gasteiger partial charge in [0.2, 0.25) is 0 Å². The summed E-state index contributed by atoms with van der Waals surface area (Å²) in [5, 5.41) is 0. The average Bonchev–Trinajstić information content (AvgIpc) is 2.77. The summed E-state index contributed by atoms with van der Waals surface area (Å²) in [4.78, 5) is 10.8. The molecular formula is C13H22N4O. The Hall–Kier alpha value is -1.36. The van der Waals surface area contributed by atoms with Crippen LogP contribution in [-0.2, 0) is 4.74 Å². The van der Waals surface area contributed by atoms with Crippen molar-refractivity contribution in [1.82, 2.24) is 9.97 Å². The van der Waals surface area contributed by atoms with E-state index in [9.17, 15) is 0 Å². The summed E-state index contributed by atoms with van der Waals surface area (Å²) in [6.45, 7) is 7.07. The van der Waals surface area contributed by atoms with Crippen molar-refractivity contribution in [3.05, 3.63) is 11.9 Å². The molecule has 5 nitrogen and oxygen atoms in total. The van der Waals surface area contributed by atoms with Crippen LogP contribution in [0.15, 0.2) is 6.33 Å². The van der Waals surface area contributed by atoms with Crippen LogP contribution in [0.3, 0.4) is 0 Å². The van der Waals surface area contributed by atoms with E-state index in [0.717, 1.165) is 37.5 Å². The Kier molecular flexibility index (Phi) is 4.01. The van der Waals surface area contributed by atoms with Gasteiger partial charge in [0.1, 0.15) is 18.0 Å². The van der Waals surface area contributed by atoms with E-state index in [2.05, 4.69) is 28.7 Å². The number of nitrogen functional groups attached to an aromatic ring is 1. The summed E-state index contributed by atoms with van der Waals surface area (Å²) in [5.41, 5.74) is 7.05. The van der Waals surface area contributed by atoms with Gasteiger partial charge in [0.15, 0.2) is 0 Å². The van der Waals surface area contributed by atoms with E-state index in [1.54, 1.807) is 13.4 Å². The molecule has 1 unspecified atom stereocenters. The Bertz CT molecular complexity index is 408. The molecule has 100 valence electrons. The van der Waals surface area contributed by atoms with Crippen LogP contribution in [0.4, 0.5) is 11.6 Å². The van der Waals surface area contributed by atoms with Gasteiger partial charge in [-0.05, 0) is 12.3 Å². The number of rotatable bonds is 4. The van der Waals surface area contributed by atoms with E-state index >= 15 is 0 Å². The first kappa shape index (κ1) is 13.1. The Labute approximate surface area is 108 Å². The third kappa shape index (κ3) is 2.56. The highest BCUT2D eigenvalue weighted by molar-refractivity contribution is 5.58. The molecule has 2 rings (SSSR count). The van der Waals surface area contributed by atoms with Crippen LogP contribution >= 0.6 is 0 Å². The lowest BCUT2D eigenvalue weighted by Gasteiger charge is -2.22. The van der Waals surface area contributed by atoms with Crippen molar-refractivity contribution >= 4 is 11.6 Å². The van der Waals surface area contributed by atoms with Crippen LogP contribution < -0.4 is 10.6 Å². The smallest absolute Gasteiger partial charge is 0.137 e. The molecular weight excluding hydrogens is 228 g/mol. The monoisotopic (exact) mass is 250 g/mol. The third-order valence-electron chi connectivity index (χ3n) is 3.46. The molecule has 0 aromatic carbocycles. The van der Waals surface area contributed by atoms with E-state index in [0.29, 0.717) is 17.7 Å². The molecule has 0 saturated carbocycles. The first-order valence-corrected chi connectivity index (χ1v) is 6.47. The molecule has 18 heavy (non-hydrogen) atoms. The summed E-state index contributed by atoms with van der Waals surface area (Å²) in [6.07, 6.45) is 2.70. The highest BCUT2D eigenvalue weighted by Crippen LogP contribution is 2.32. The SMILES string of the molecule is COCC1CCN(c2ncnc(N)c2C(C)C)C1. The second-order valence-corrected chi connectivity index (χ2v) is 5.21. The van der Waals surface area contributed by atoms with Crippen molar-refractivity contribution in [3.63, 3.8) is 0 Å². The van der Waals surface area contributed by atoms with E-state index in [-0.39, 0.29) is 0 Å². The molecule has 2 N–H and O–H groups in total. The lowest BCUT2D eigenvalue weighted by molar-refractivity contribution is 0.161. The van der Waals surface area contributed by atoms with Crippen molar-refractivity contribution < 1.29 is 4.74 Å². The number of anilines is 2. The number of ether oxygens (including phenoxy) is 1. The molecule has 1 aromatic rings. The highest BCUT2D eigenvalue weighted by Gasteiger charge is 2.26. The number of hydrogen-bond acceptors (Lipinski definition) is 5.